The van der Waals surface area contributed by atoms with Crippen molar-refractivity contribution in [1.29, 1.82) is 0 Å². The summed E-state index contributed by atoms with van der Waals surface area (Å²) in [6, 6.07) is 15.1. The summed E-state index contributed by atoms with van der Waals surface area (Å²) in [5, 5.41) is 3.41. The van der Waals surface area contributed by atoms with E-state index in [-0.39, 0.29) is 0 Å². The summed E-state index contributed by atoms with van der Waals surface area (Å²) in [6.07, 6.45) is 0. The lowest BCUT2D eigenvalue weighted by Crippen LogP contribution is -2.43. The molecule has 2 heterocycles. The molecule has 0 atom stereocenters. The zero-order chi connectivity index (χ0) is 16.5. The number of para-hydroxylation sites is 1. The standard InChI is InChI=1S/C20H24N4/c1-14(2)15-6-8-16(9-7-15)20-22-17-4-3-5-18(19(17)23-20)24-12-10-21-11-13-24/h3-9,14,21H,10-13H2,1-2H3,(H,22,23). The van der Waals surface area contributed by atoms with Crippen LogP contribution in [-0.4, -0.2) is 36.1 Å². The van der Waals surface area contributed by atoms with E-state index in [0.29, 0.717) is 5.92 Å². The SMILES string of the molecule is CC(C)c1ccc(-c2nc3c(N4CCNCC4)cccc3[nH]2)cc1. The van der Waals surface area contributed by atoms with E-state index in [0.717, 1.165) is 48.6 Å². The van der Waals surface area contributed by atoms with Gasteiger partial charge in [-0.1, -0.05) is 44.2 Å². The number of hydrogen-bond acceptors (Lipinski definition) is 3. The van der Waals surface area contributed by atoms with Gasteiger partial charge >= 0.3 is 0 Å². The highest BCUT2D eigenvalue weighted by Gasteiger charge is 2.16. The van der Waals surface area contributed by atoms with Crippen LogP contribution >= 0.6 is 0 Å². The van der Waals surface area contributed by atoms with Crippen molar-refractivity contribution < 1.29 is 0 Å². The minimum absolute atomic E-state index is 0.550. The van der Waals surface area contributed by atoms with Gasteiger partial charge in [0, 0.05) is 31.7 Å². The van der Waals surface area contributed by atoms with E-state index in [1.54, 1.807) is 0 Å². The van der Waals surface area contributed by atoms with Crippen LogP contribution in [0.25, 0.3) is 22.4 Å². The topological polar surface area (TPSA) is 44.0 Å². The van der Waals surface area contributed by atoms with Crippen LogP contribution in [0.1, 0.15) is 25.3 Å². The number of rotatable bonds is 3. The van der Waals surface area contributed by atoms with Gasteiger partial charge in [0.15, 0.2) is 0 Å². The van der Waals surface area contributed by atoms with Crippen molar-refractivity contribution in [3.8, 4) is 11.4 Å². The molecule has 4 heteroatoms. The molecule has 3 aromatic rings. The molecule has 124 valence electrons. The molecule has 2 N–H and O–H groups in total. The van der Waals surface area contributed by atoms with Gasteiger partial charge < -0.3 is 15.2 Å². The molecule has 0 bridgehead atoms. The van der Waals surface area contributed by atoms with Gasteiger partial charge in [0.05, 0.1) is 11.2 Å². The lowest BCUT2D eigenvalue weighted by atomic mass is 10.0. The van der Waals surface area contributed by atoms with Crippen LogP contribution in [0, 0.1) is 0 Å². The number of imidazole rings is 1. The van der Waals surface area contributed by atoms with Gasteiger partial charge in [-0.3, -0.25) is 0 Å². The van der Waals surface area contributed by atoms with Crippen molar-refractivity contribution in [2.45, 2.75) is 19.8 Å². The lowest BCUT2D eigenvalue weighted by molar-refractivity contribution is 0.590. The van der Waals surface area contributed by atoms with E-state index < -0.39 is 0 Å². The Morgan fingerprint density at radius 3 is 2.46 bits per heavy atom. The average molecular weight is 320 g/mol. The summed E-state index contributed by atoms with van der Waals surface area (Å²) >= 11 is 0. The molecular weight excluding hydrogens is 296 g/mol. The quantitative estimate of drug-likeness (QED) is 0.772. The van der Waals surface area contributed by atoms with E-state index in [1.165, 1.54) is 11.3 Å². The lowest BCUT2D eigenvalue weighted by Gasteiger charge is -2.29. The van der Waals surface area contributed by atoms with Crippen LogP contribution in [0.3, 0.4) is 0 Å². The van der Waals surface area contributed by atoms with Gasteiger partial charge in [-0.15, -0.1) is 0 Å². The average Bonchev–Trinajstić information content (AvgIpc) is 3.06. The summed E-state index contributed by atoms with van der Waals surface area (Å²) in [5.41, 5.74) is 5.91. The molecule has 4 rings (SSSR count). The van der Waals surface area contributed by atoms with E-state index in [2.05, 4.69) is 71.5 Å². The smallest absolute Gasteiger partial charge is 0.138 e. The Balaban J connectivity index is 1.72. The fourth-order valence-corrected chi connectivity index (χ4v) is 3.34. The molecule has 0 unspecified atom stereocenters. The third-order valence-corrected chi connectivity index (χ3v) is 4.80. The van der Waals surface area contributed by atoms with Gasteiger partial charge in [0.25, 0.3) is 0 Å². The van der Waals surface area contributed by atoms with Gasteiger partial charge in [-0.25, -0.2) is 4.98 Å². The molecule has 1 aliphatic rings. The third-order valence-electron chi connectivity index (χ3n) is 4.80. The third kappa shape index (κ3) is 2.78. The first-order valence-electron chi connectivity index (χ1n) is 8.77. The largest absolute Gasteiger partial charge is 0.367 e. The number of aromatic amines is 1. The number of hydrogen-bond donors (Lipinski definition) is 2. The Morgan fingerprint density at radius 2 is 1.75 bits per heavy atom. The second-order valence-electron chi connectivity index (χ2n) is 6.77. The zero-order valence-electron chi connectivity index (χ0n) is 14.3. The number of H-pyrrole nitrogens is 1. The number of piperazine rings is 1. The molecule has 0 amide bonds. The van der Waals surface area contributed by atoms with Crippen LogP contribution < -0.4 is 10.2 Å². The van der Waals surface area contributed by atoms with E-state index >= 15 is 0 Å². The first kappa shape index (κ1) is 15.2. The fraction of sp³-hybridized carbons (Fsp3) is 0.350. The molecule has 0 aliphatic carbocycles. The second-order valence-corrected chi connectivity index (χ2v) is 6.77. The van der Waals surface area contributed by atoms with Crippen LogP contribution in [0.15, 0.2) is 42.5 Å². The number of nitrogens with one attached hydrogen (secondary N) is 2. The summed E-state index contributed by atoms with van der Waals surface area (Å²) in [4.78, 5) is 10.8. The Hall–Kier alpha value is -2.33. The molecule has 1 fully saturated rings. The Labute approximate surface area is 142 Å². The molecule has 0 radical (unpaired) electrons. The van der Waals surface area contributed by atoms with Crippen LogP contribution in [0.4, 0.5) is 5.69 Å². The number of nitrogens with zero attached hydrogens (tertiary/aromatic N) is 2. The number of benzene rings is 2. The first-order valence-corrected chi connectivity index (χ1v) is 8.77. The Kier molecular flexibility index (Phi) is 3.98. The van der Waals surface area contributed by atoms with Gasteiger partial charge in [-0.05, 0) is 23.6 Å². The maximum absolute atomic E-state index is 4.92. The predicted molar refractivity (Wildman–Crippen MR) is 101 cm³/mol. The molecule has 4 nitrogen and oxygen atoms in total. The van der Waals surface area contributed by atoms with Crippen LogP contribution in [-0.2, 0) is 0 Å². The fourth-order valence-electron chi connectivity index (χ4n) is 3.34. The maximum atomic E-state index is 4.92. The van der Waals surface area contributed by atoms with Crippen molar-refractivity contribution >= 4 is 16.7 Å². The van der Waals surface area contributed by atoms with Crippen molar-refractivity contribution in [3.05, 3.63) is 48.0 Å². The zero-order valence-corrected chi connectivity index (χ0v) is 14.3. The molecule has 0 saturated carbocycles. The molecule has 0 spiro atoms. The minimum atomic E-state index is 0.550. The number of anilines is 1. The summed E-state index contributed by atoms with van der Waals surface area (Å²) < 4.78 is 0. The van der Waals surface area contributed by atoms with Crippen molar-refractivity contribution in [2.75, 3.05) is 31.1 Å². The Bertz CT molecular complexity index is 826. The number of aromatic nitrogens is 2. The van der Waals surface area contributed by atoms with Gasteiger partial charge in [0.2, 0.25) is 0 Å². The summed E-state index contributed by atoms with van der Waals surface area (Å²) in [6.45, 7) is 8.56. The predicted octanol–water partition coefficient (Wildman–Crippen LogP) is 3.76. The Morgan fingerprint density at radius 1 is 1.00 bits per heavy atom. The molecular formula is C20H24N4. The highest BCUT2D eigenvalue weighted by Crippen LogP contribution is 2.29. The highest BCUT2D eigenvalue weighted by molar-refractivity contribution is 5.91. The molecule has 1 aliphatic heterocycles. The van der Waals surface area contributed by atoms with Crippen molar-refractivity contribution in [1.82, 2.24) is 15.3 Å². The maximum Gasteiger partial charge on any atom is 0.138 e. The van der Waals surface area contributed by atoms with E-state index in [9.17, 15) is 0 Å². The molecule has 24 heavy (non-hydrogen) atoms. The summed E-state index contributed by atoms with van der Waals surface area (Å²) in [5.74, 6) is 1.50. The van der Waals surface area contributed by atoms with Crippen LogP contribution in [0.5, 0.6) is 0 Å². The van der Waals surface area contributed by atoms with Crippen molar-refractivity contribution in [3.63, 3.8) is 0 Å². The monoisotopic (exact) mass is 320 g/mol. The van der Waals surface area contributed by atoms with Gasteiger partial charge in [-0.2, -0.15) is 0 Å². The van der Waals surface area contributed by atoms with Gasteiger partial charge in [0.1, 0.15) is 11.3 Å². The second kappa shape index (κ2) is 6.29. The molecule has 2 aromatic carbocycles. The first-order chi connectivity index (χ1) is 11.7. The van der Waals surface area contributed by atoms with Crippen molar-refractivity contribution in [2.24, 2.45) is 0 Å². The van der Waals surface area contributed by atoms with Crippen LogP contribution in [0.2, 0.25) is 0 Å². The van der Waals surface area contributed by atoms with E-state index in [1.807, 2.05) is 0 Å². The molecule has 1 aromatic heterocycles. The van der Waals surface area contributed by atoms with E-state index in [4.69, 9.17) is 4.98 Å². The summed E-state index contributed by atoms with van der Waals surface area (Å²) in [7, 11) is 0. The molecule has 1 saturated heterocycles. The minimum Gasteiger partial charge on any atom is -0.367 e. The normalized spacial score (nSPS) is 15.4. The highest BCUT2D eigenvalue weighted by atomic mass is 15.2. The number of fused-ring (bicyclic) bond motifs is 1.